The van der Waals surface area contributed by atoms with Crippen LogP contribution in [0.3, 0.4) is 0 Å². The highest BCUT2D eigenvalue weighted by Crippen LogP contribution is 2.14. The number of guanidine groups is 1. The lowest BCUT2D eigenvalue weighted by Gasteiger charge is -2.22. The van der Waals surface area contributed by atoms with Crippen LogP contribution < -0.4 is 10.6 Å². The lowest BCUT2D eigenvalue weighted by molar-refractivity contribution is 0.265. The SMILES string of the molecule is CCNC(=NCc1ccccc1CN(C)C(C)C)NCCc1ncc(CC)s1.I. The number of nitrogens with one attached hydrogen (secondary N) is 2. The first-order valence-electron chi connectivity index (χ1n) is 10.3. The number of thiazole rings is 1. The van der Waals surface area contributed by atoms with E-state index in [1.54, 1.807) is 11.3 Å². The Bertz CT molecular complexity index is 744. The van der Waals surface area contributed by atoms with E-state index in [2.05, 4.69) is 79.5 Å². The second-order valence-electron chi connectivity index (χ2n) is 7.22. The van der Waals surface area contributed by atoms with E-state index in [-0.39, 0.29) is 24.0 Å². The van der Waals surface area contributed by atoms with Crippen LogP contribution in [0.5, 0.6) is 0 Å². The van der Waals surface area contributed by atoms with E-state index in [9.17, 15) is 0 Å². The minimum absolute atomic E-state index is 0. The minimum atomic E-state index is 0. The molecule has 0 aliphatic rings. The van der Waals surface area contributed by atoms with Gasteiger partial charge in [0.1, 0.15) is 0 Å². The minimum Gasteiger partial charge on any atom is -0.357 e. The summed E-state index contributed by atoms with van der Waals surface area (Å²) in [6.45, 7) is 12.0. The molecule has 0 spiro atoms. The van der Waals surface area contributed by atoms with Crippen LogP contribution in [0.25, 0.3) is 0 Å². The summed E-state index contributed by atoms with van der Waals surface area (Å²) in [5, 5.41) is 7.97. The molecule has 0 fully saturated rings. The van der Waals surface area contributed by atoms with Crippen LogP contribution in [0, 0.1) is 0 Å². The summed E-state index contributed by atoms with van der Waals surface area (Å²) in [5.74, 6) is 0.863. The molecule has 1 aromatic carbocycles. The standard InChI is InChI=1S/C22H35N5S.HI/c1-6-20-15-25-21(28-20)12-13-24-22(23-7-2)26-14-18-10-8-9-11-19(18)16-27(5)17(3)4;/h8-11,15,17H,6-7,12-14,16H2,1-5H3,(H2,23,24,26);1H. The number of rotatable bonds is 10. The molecule has 0 radical (unpaired) electrons. The molecule has 0 aliphatic carbocycles. The first kappa shape index (κ1) is 25.8. The van der Waals surface area contributed by atoms with Crippen LogP contribution in [0.2, 0.25) is 0 Å². The molecule has 0 atom stereocenters. The lowest BCUT2D eigenvalue weighted by atomic mass is 10.1. The van der Waals surface area contributed by atoms with Crippen LogP contribution in [0.4, 0.5) is 0 Å². The van der Waals surface area contributed by atoms with Gasteiger partial charge in [0.2, 0.25) is 0 Å². The van der Waals surface area contributed by atoms with Crippen molar-refractivity contribution < 1.29 is 0 Å². The summed E-state index contributed by atoms with van der Waals surface area (Å²) >= 11 is 1.80. The summed E-state index contributed by atoms with van der Waals surface area (Å²) in [6.07, 6.45) is 3.97. The van der Waals surface area contributed by atoms with Gasteiger partial charge < -0.3 is 10.6 Å². The Morgan fingerprint density at radius 3 is 2.52 bits per heavy atom. The van der Waals surface area contributed by atoms with E-state index in [1.807, 2.05) is 6.20 Å². The van der Waals surface area contributed by atoms with Gasteiger partial charge in [0.15, 0.2) is 5.96 Å². The fraction of sp³-hybridized carbons (Fsp3) is 0.545. The maximum atomic E-state index is 4.81. The van der Waals surface area contributed by atoms with Gasteiger partial charge >= 0.3 is 0 Å². The molecule has 0 saturated carbocycles. The van der Waals surface area contributed by atoms with Crippen LogP contribution in [0.15, 0.2) is 35.5 Å². The van der Waals surface area contributed by atoms with Gasteiger partial charge in [0.05, 0.1) is 11.6 Å². The Morgan fingerprint density at radius 2 is 1.90 bits per heavy atom. The first-order chi connectivity index (χ1) is 13.5. The highest BCUT2D eigenvalue weighted by molar-refractivity contribution is 14.0. The third-order valence-corrected chi connectivity index (χ3v) is 5.95. The fourth-order valence-electron chi connectivity index (χ4n) is 2.74. The fourth-order valence-corrected chi connectivity index (χ4v) is 3.60. The summed E-state index contributed by atoms with van der Waals surface area (Å²) in [7, 11) is 2.17. The monoisotopic (exact) mass is 529 g/mol. The van der Waals surface area contributed by atoms with Gasteiger partial charge in [-0.3, -0.25) is 4.90 Å². The van der Waals surface area contributed by atoms with Gasteiger partial charge in [0.25, 0.3) is 0 Å². The highest BCUT2D eigenvalue weighted by Gasteiger charge is 2.08. The van der Waals surface area contributed by atoms with Crippen molar-refractivity contribution in [3.05, 3.63) is 51.5 Å². The summed E-state index contributed by atoms with van der Waals surface area (Å²) in [6, 6.07) is 9.11. The molecule has 29 heavy (non-hydrogen) atoms. The molecule has 2 N–H and O–H groups in total. The number of aryl methyl sites for hydroxylation is 1. The molecular formula is C22H36IN5S. The lowest BCUT2D eigenvalue weighted by Crippen LogP contribution is -2.38. The molecule has 162 valence electrons. The second-order valence-corrected chi connectivity index (χ2v) is 8.42. The van der Waals surface area contributed by atoms with Crippen LogP contribution >= 0.6 is 35.3 Å². The van der Waals surface area contributed by atoms with Crippen LogP contribution in [-0.2, 0) is 25.9 Å². The van der Waals surface area contributed by atoms with Crippen molar-refractivity contribution in [3.8, 4) is 0 Å². The molecule has 0 aliphatic heterocycles. The zero-order valence-corrected chi connectivity index (χ0v) is 21.5. The highest BCUT2D eigenvalue weighted by atomic mass is 127. The number of halogens is 1. The Kier molecular flexibility index (Phi) is 12.4. The zero-order chi connectivity index (χ0) is 20.4. The third-order valence-electron chi connectivity index (χ3n) is 4.75. The average molecular weight is 530 g/mol. The van der Waals surface area contributed by atoms with E-state index in [0.717, 1.165) is 38.4 Å². The van der Waals surface area contributed by atoms with Gasteiger partial charge in [0, 0.05) is 43.2 Å². The molecule has 7 heteroatoms. The van der Waals surface area contributed by atoms with Crippen molar-refractivity contribution in [2.45, 2.75) is 59.7 Å². The van der Waals surface area contributed by atoms with Crippen LogP contribution in [0.1, 0.15) is 48.7 Å². The molecular weight excluding hydrogens is 493 g/mol. The number of benzene rings is 1. The van der Waals surface area contributed by atoms with Crippen molar-refractivity contribution in [1.29, 1.82) is 0 Å². The molecule has 2 rings (SSSR count). The van der Waals surface area contributed by atoms with E-state index < -0.39 is 0 Å². The average Bonchev–Trinajstić information content (AvgIpc) is 3.15. The van der Waals surface area contributed by atoms with E-state index >= 15 is 0 Å². The molecule has 0 saturated heterocycles. The van der Waals surface area contributed by atoms with Crippen molar-refractivity contribution in [3.63, 3.8) is 0 Å². The van der Waals surface area contributed by atoms with Crippen molar-refractivity contribution in [1.82, 2.24) is 20.5 Å². The molecule has 0 amide bonds. The summed E-state index contributed by atoms with van der Waals surface area (Å²) < 4.78 is 0. The van der Waals surface area contributed by atoms with Crippen molar-refractivity contribution >= 4 is 41.3 Å². The Balaban J connectivity index is 0.00000420. The Morgan fingerprint density at radius 1 is 1.17 bits per heavy atom. The maximum Gasteiger partial charge on any atom is 0.191 e. The Labute approximate surface area is 197 Å². The molecule has 0 bridgehead atoms. The van der Waals surface area contributed by atoms with E-state index in [4.69, 9.17) is 4.99 Å². The summed E-state index contributed by atoms with van der Waals surface area (Å²) in [5.41, 5.74) is 2.62. The third kappa shape index (κ3) is 9.00. The van der Waals surface area contributed by atoms with Gasteiger partial charge in [-0.05, 0) is 45.4 Å². The van der Waals surface area contributed by atoms with Gasteiger partial charge in [-0.2, -0.15) is 0 Å². The summed E-state index contributed by atoms with van der Waals surface area (Å²) in [4.78, 5) is 13.0. The van der Waals surface area contributed by atoms with E-state index in [0.29, 0.717) is 12.6 Å². The molecule has 2 aromatic rings. The first-order valence-corrected chi connectivity index (χ1v) is 11.1. The number of nitrogens with zero attached hydrogens (tertiary/aromatic N) is 3. The number of aliphatic imine (C=N–C) groups is 1. The molecule has 1 aromatic heterocycles. The van der Waals surface area contributed by atoms with Crippen LogP contribution in [-0.4, -0.2) is 42.0 Å². The number of hydrogen-bond acceptors (Lipinski definition) is 4. The molecule has 1 heterocycles. The topological polar surface area (TPSA) is 52.6 Å². The van der Waals surface area contributed by atoms with Gasteiger partial charge in [-0.1, -0.05) is 31.2 Å². The zero-order valence-electron chi connectivity index (χ0n) is 18.4. The number of hydrogen-bond donors (Lipinski definition) is 2. The Hall–Kier alpha value is -1.19. The molecule has 0 unspecified atom stereocenters. The van der Waals surface area contributed by atoms with Crippen molar-refractivity contribution in [2.24, 2.45) is 4.99 Å². The number of aromatic nitrogens is 1. The predicted molar refractivity (Wildman–Crippen MR) is 136 cm³/mol. The normalized spacial score (nSPS) is 11.6. The largest absolute Gasteiger partial charge is 0.357 e. The van der Waals surface area contributed by atoms with Gasteiger partial charge in [-0.25, -0.2) is 9.98 Å². The van der Waals surface area contributed by atoms with Gasteiger partial charge in [-0.15, -0.1) is 35.3 Å². The second kappa shape index (κ2) is 13.9. The van der Waals surface area contributed by atoms with Crippen molar-refractivity contribution in [2.75, 3.05) is 20.1 Å². The quantitative estimate of drug-likeness (QED) is 0.271. The molecule has 5 nitrogen and oxygen atoms in total. The maximum absolute atomic E-state index is 4.81. The van der Waals surface area contributed by atoms with E-state index in [1.165, 1.54) is 21.0 Å². The smallest absolute Gasteiger partial charge is 0.191 e. The predicted octanol–water partition coefficient (Wildman–Crippen LogP) is 4.46.